The SMILES string of the molecule is CC1CCC(CN)C(Cc2cccs2)C1. The molecule has 0 aromatic carbocycles. The van der Waals surface area contributed by atoms with E-state index in [0.717, 1.165) is 24.3 Å². The highest BCUT2D eigenvalue weighted by molar-refractivity contribution is 7.09. The maximum Gasteiger partial charge on any atom is 0.00480 e. The van der Waals surface area contributed by atoms with Crippen molar-refractivity contribution >= 4 is 11.3 Å². The number of thiophene rings is 1. The van der Waals surface area contributed by atoms with Crippen molar-refractivity contribution in [1.29, 1.82) is 0 Å². The smallest absolute Gasteiger partial charge is 0.00480 e. The molecule has 1 nitrogen and oxygen atoms in total. The zero-order valence-corrected chi connectivity index (χ0v) is 10.3. The Hall–Kier alpha value is -0.340. The van der Waals surface area contributed by atoms with Crippen LogP contribution < -0.4 is 5.73 Å². The molecule has 3 unspecified atom stereocenters. The average molecular weight is 223 g/mol. The third kappa shape index (κ3) is 2.82. The predicted molar refractivity (Wildman–Crippen MR) is 67.1 cm³/mol. The van der Waals surface area contributed by atoms with Crippen molar-refractivity contribution in [2.45, 2.75) is 32.6 Å². The second kappa shape index (κ2) is 5.13. The van der Waals surface area contributed by atoms with E-state index in [0.29, 0.717) is 0 Å². The predicted octanol–water partition coefficient (Wildman–Crippen LogP) is 3.30. The molecule has 0 bridgehead atoms. The van der Waals surface area contributed by atoms with Crippen LogP contribution >= 0.6 is 11.3 Å². The Kier molecular flexibility index (Phi) is 3.81. The Balaban J connectivity index is 1.98. The largest absolute Gasteiger partial charge is 0.330 e. The van der Waals surface area contributed by atoms with Gasteiger partial charge in [0.25, 0.3) is 0 Å². The summed E-state index contributed by atoms with van der Waals surface area (Å²) in [5.41, 5.74) is 5.87. The van der Waals surface area contributed by atoms with Gasteiger partial charge in [-0.15, -0.1) is 11.3 Å². The summed E-state index contributed by atoms with van der Waals surface area (Å²) in [7, 11) is 0. The van der Waals surface area contributed by atoms with E-state index in [1.54, 1.807) is 0 Å². The van der Waals surface area contributed by atoms with Crippen LogP contribution in [0.4, 0.5) is 0 Å². The first kappa shape index (κ1) is 11.2. The molecule has 1 saturated carbocycles. The fourth-order valence-corrected chi connectivity index (χ4v) is 3.61. The van der Waals surface area contributed by atoms with Crippen molar-refractivity contribution in [3.63, 3.8) is 0 Å². The first-order valence-corrected chi connectivity index (χ1v) is 6.90. The van der Waals surface area contributed by atoms with Gasteiger partial charge < -0.3 is 5.73 Å². The second-order valence-electron chi connectivity index (χ2n) is 4.96. The minimum Gasteiger partial charge on any atom is -0.330 e. The lowest BCUT2D eigenvalue weighted by atomic mass is 9.73. The van der Waals surface area contributed by atoms with Crippen molar-refractivity contribution in [2.24, 2.45) is 23.5 Å². The van der Waals surface area contributed by atoms with Gasteiger partial charge in [-0.3, -0.25) is 0 Å². The highest BCUT2D eigenvalue weighted by Crippen LogP contribution is 2.35. The van der Waals surface area contributed by atoms with E-state index in [2.05, 4.69) is 24.4 Å². The number of hydrogen-bond donors (Lipinski definition) is 1. The van der Waals surface area contributed by atoms with Gasteiger partial charge in [0, 0.05) is 4.88 Å². The average Bonchev–Trinajstić information content (AvgIpc) is 2.71. The molecule has 1 aliphatic carbocycles. The van der Waals surface area contributed by atoms with E-state index in [4.69, 9.17) is 5.73 Å². The van der Waals surface area contributed by atoms with Gasteiger partial charge in [-0.1, -0.05) is 19.4 Å². The lowest BCUT2D eigenvalue weighted by molar-refractivity contribution is 0.194. The quantitative estimate of drug-likeness (QED) is 0.836. The third-order valence-electron chi connectivity index (χ3n) is 3.75. The van der Waals surface area contributed by atoms with Crippen LogP contribution in [-0.2, 0) is 6.42 Å². The molecule has 2 N–H and O–H groups in total. The van der Waals surface area contributed by atoms with Gasteiger partial charge in [-0.2, -0.15) is 0 Å². The minimum atomic E-state index is 0.767. The molecule has 1 heterocycles. The molecule has 0 saturated heterocycles. The normalized spacial score (nSPS) is 31.7. The topological polar surface area (TPSA) is 26.0 Å². The first-order valence-electron chi connectivity index (χ1n) is 6.02. The second-order valence-corrected chi connectivity index (χ2v) is 5.99. The molecule has 2 heteroatoms. The van der Waals surface area contributed by atoms with E-state index in [1.165, 1.54) is 30.6 Å². The monoisotopic (exact) mass is 223 g/mol. The summed E-state index contributed by atoms with van der Waals surface area (Å²) in [6.45, 7) is 3.26. The van der Waals surface area contributed by atoms with Crippen LogP contribution in [0.25, 0.3) is 0 Å². The number of nitrogens with two attached hydrogens (primary N) is 1. The summed E-state index contributed by atoms with van der Waals surface area (Å²) in [6, 6.07) is 4.42. The highest BCUT2D eigenvalue weighted by Gasteiger charge is 2.27. The molecule has 1 aromatic rings. The Morgan fingerprint density at radius 1 is 1.40 bits per heavy atom. The summed E-state index contributed by atoms with van der Waals surface area (Å²) >= 11 is 1.89. The van der Waals surface area contributed by atoms with Gasteiger partial charge in [0.05, 0.1) is 0 Å². The molecule has 2 rings (SSSR count). The molecule has 3 atom stereocenters. The van der Waals surface area contributed by atoms with Crippen LogP contribution in [0.2, 0.25) is 0 Å². The molecule has 1 fully saturated rings. The summed E-state index contributed by atoms with van der Waals surface area (Å²) in [6.07, 6.45) is 5.35. The van der Waals surface area contributed by atoms with Gasteiger partial charge in [0.15, 0.2) is 0 Å². The lowest BCUT2D eigenvalue weighted by Crippen LogP contribution is -2.30. The van der Waals surface area contributed by atoms with Gasteiger partial charge in [0.2, 0.25) is 0 Å². The van der Waals surface area contributed by atoms with E-state index in [9.17, 15) is 0 Å². The van der Waals surface area contributed by atoms with E-state index in [1.807, 2.05) is 11.3 Å². The molecule has 84 valence electrons. The van der Waals surface area contributed by atoms with Crippen LogP contribution in [0.15, 0.2) is 17.5 Å². The molecular weight excluding hydrogens is 202 g/mol. The van der Waals surface area contributed by atoms with Crippen molar-refractivity contribution in [2.75, 3.05) is 6.54 Å². The first-order chi connectivity index (χ1) is 7.29. The van der Waals surface area contributed by atoms with Crippen LogP contribution in [0, 0.1) is 17.8 Å². The number of rotatable bonds is 3. The minimum absolute atomic E-state index is 0.767. The fourth-order valence-electron chi connectivity index (χ4n) is 2.81. The zero-order valence-electron chi connectivity index (χ0n) is 9.49. The van der Waals surface area contributed by atoms with Crippen molar-refractivity contribution in [1.82, 2.24) is 0 Å². The van der Waals surface area contributed by atoms with Gasteiger partial charge >= 0.3 is 0 Å². The van der Waals surface area contributed by atoms with Crippen molar-refractivity contribution in [3.05, 3.63) is 22.4 Å². The molecule has 15 heavy (non-hydrogen) atoms. The Bertz CT molecular complexity index is 281. The van der Waals surface area contributed by atoms with Gasteiger partial charge in [-0.25, -0.2) is 0 Å². The molecule has 0 spiro atoms. The fraction of sp³-hybridized carbons (Fsp3) is 0.692. The zero-order chi connectivity index (χ0) is 10.7. The molecule has 0 aliphatic heterocycles. The van der Waals surface area contributed by atoms with Crippen LogP contribution in [0.3, 0.4) is 0 Å². The molecule has 0 amide bonds. The molecule has 1 aliphatic rings. The standard InChI is InChI=1S/C13H21NS/c1-10-4-5-11(9-14)12(7-10)8-13-3-2-6-15-13/h2-3,6,10-12H,4-5,7-9,14H2,1H3. The summed E-state index contributed by atoms with van der Waals surface area (Å²) < 4.78 is 0. The Labute approximate surface area is 96.7 Å². The van der Waals surface area contributed by atoms with Gasteiger partial charge in [-0.05, 0) is 55.0 Å². The maximum atomic E-state index is 5.87. The van der Waals surface area contributed by atoms with Crippen LogP contribution in [0.5, 0.6) is 0 Å². The third-order valence-corrected chi connectivity index (χ3v) is 4.65. The van der Waals surface area contributed by atoms with Gasteiger partial charge in [0.1, 0.15) is 0 Å². The molecule has 0 radical (unpaired) electrons. The highest BCUT2D eigenvalue weighted by atomic mass is 32.1. The summed E-state index contributed by atoms with van der Waals surface area (Å²) in [4.78, 5) is 1.53. The summed E-state index contributed by atoms with van der Waals surface area (Å²) in [5.74, 6) is 2.50. The Morgan fingerprint density at radius 3 is 2.93 bits per heavy atom. The van der Waals surface area contributed by atoms with E-state index in [-0.39, 0.29) is 0 Å². The maximum absolute atomic E-state index is 5.87. The molecule has 1 aromatic heterocycles. The molecular formula is C13H21NS. The lowest BCUT2D eigenvalue weighted by Gasteiger charge is -2.34. The van der Waals surface area contributed by atoms with Crippen molar-refractivity contribution < 1.29 is 0 Å². The van der Waals surface area contributed by atoms with Crippen LogP contribution in [0.1, 0.15) is 31.1 Å². The number of hydrogen-bond acceptors (Lipinski definition) is 2. The summed E-state index contributed by atoms with van der Waals surface area (Å²) in [5, 5.41) is 2.18. The van der Waals surface area contributed by atoms with E-state index < -0.39 is 0 Å². The van der Waals surface area contributed by atoms with Crippen molar-refractivity contribution in [3.8, 4) is 0 Å². The van der Waals surface area contributed by atoms with E-state index >= 15 is 0 Å². The Morgan fingerprint density at radius 2 is 2.27 bits per heavy atom. The van der Waals surface area contributed by atoms with Crippen LogP contribution in [-0.4, -0.2) is 6.54 Å².